The molecule has 14 heteroatoms. The molecule has 5 rings (SSSR count). The van der Waals surface area contributed by atoms with E-state index in [2.05, 4.69) is 15.5 Å². The normalized spacial score (nSPS) is 28.4. The summed E-state index contributed by atoms with van der Waals surface area (Å²) in [6, 6.07) is 3.30. The lowest BCUT2D eigenvalue weighted by Crippen LogP contribution is -2.62. The van der Waals surface area contributed by atoms with Crippen molar-refractivity contribution < 1.29 is 49.8 Å². The third kappa shape index (κ3) is 5.34. The van der Waals surface area contributed by atoms with Gasteiger partial charge in [0, 0.05) is 31.1 Å². The average Bonchev–Trinajstić information content (AvgIpc) is 3.41. The van der Waals surface area contributed by atoms with Crippen molar-refractivity contribution in [2.45, 2.75) is 62.7 Å². The number of phenolic OH excluding ortho intramolecular Hbond substituents is 1. The number of hydrogen-bond acceptors (Lipinski definition) is 11. The number of unbranched alkanes of at least 4 members (excludes halogenated alkanes) is 2. The smallest absolute Gasteiger partial charge is 0.359 e. The first-order valence-electron chi connectivity index (χ1n) is 14.4. The summed E-state index contributed by atoms with van der Waals surface area (Å²) >= 11 is 0. The summed E-state index contributed by atoms with van der Waals surface area (Å²) in [5.41, 5.74) is 0.201. The van der Waals surface area contributed by atoms with Crippen LogP contribution in [0.1, 0.15) is 83.4 Å². The average molecular weight is 601 g/mol. The van der Waals surface area contributed by atoms with Crippen LogP contribution in [0.25, 0.3) is 0 Å². The molecule has 0 unspecified atom stereocenters. The maximum Gasteiger partial charge on any atom is 0.359 e. The predicted octanol–water partition coefficient (Wildman–Crippen LogP) is 2.31. The van der Waals surface area contributed by atoms with Crippen molar-refractivity contribution in [3.05, 3.63) is 46.8 Å². The fourth-order valence-electron chi connectivity index (χ4n) is 7.17. The van der Waals surface area contributed by atoms with Crippen LogP contribution in [0.5, 0.6) is 11.5 Å². The number of carboxylic acids is 2. The third-order valence-corrected chi connectivity index (χ3v) is 8.86. The summed E-state index contributed by atoms with van der Waals surface area (Å²) in [7, 11) is 1.37. The minimum Gasteiger partial charge on any atom is -0.508 e. The van der Waals surface area contributed by atoms with Gasteiger partial charge in [0.25, 0.3) is 0 Å². The fraction of sp³-hybridized carbons (Fsp3) is 0.552. The van der Waals surface area contributed by atoms with E-state index in [0.29, 0.717) is 42.5 Å². The van der Waals surface area contributed by atoms with Crippen molar-refractivity contribution in [2.75, 3.05) is 20.3 Å². The third-order valence-electron chi connectivity index (χ3n) is 8.86. The second-order valence-electron chi connectivity index (χ2n) is 11.3. The zero-order valence-electron chi connectivity index (χ0n) is 23.7. The van der Waals surface area contributed by atoms with Gasteiger partial charge in [-0.05, 0) is 61.3 Å². The Labute approximate surface area is 246 Å². The van der Waals surface area contributed by atoms with Gasteiger partial charge < -0.3 is 40.2 Å². The van der Waals surface area contributed by atoms with Gasteiger partial charge in [-0.15, -0.1) is 5.10 Å². The van der Waals surface area contributed by atoms with Crippen molar-refractivity contribution in [3.8, 4) is 11.5 Å². The number of aromatic hydroxyl groups is 1. The van der Waals surface area contributed by atoms with Gasteiger partial charge in [-0.25, -0.2) is 14.3 Å². The highest BCUT2D eigenvalue weighted by Gasteiger charge is 2.63. The molecule has 6 atom stereocenters. The van der Waals surface area contributed by atoms with E-state index in [4.69, 9.17) is 9.57 Å². The van der Waals surface area contributed by atoms with Crippen LogP contribution in [0.2, 0.25) is 0 Å². The predicted molar refractivity (Wildman–Crippen MR) is 149 cm³/mol. The van der Waals surface area contributed by atoms with Crippen LogP contribution in [0, 0.1) is 17.8 Å². The van der Waals surface area contributed by atoms with Crippen LogP contribution in [-0.2, 0) is 4.84 Å². The van der Waals surface area contributed by atoms with Gasteiger partial charge in [0.05, 0.1) is 11.6 Å². The molecule has 3 aliphatic rings. The quantitative estimate of drug-likeness (QED) is 0.153. The van der Waals surface area contributed by atoms with E-state index in [9.17, 15) is 40.2 Å². The van der Waals surface area contributed by atoms with Crippen LogP contribution in [0.4, 0.5) is 0 Å². The molecule has 0 bridgehead atoms. The summed E-state index contributed by atoms with van der Waals surface area (Å²) in [6.45, 7) is 0.0689. The molecule has 1 aromatic heterocycles. The minimum absolute atomic E-state index is 0.00325. The number of aromatic nitrogens is 3. The molecule has 6 N–H and O–H groups in total. The van der Waals surface area contributed by atoms with E-state index >= 15 is 0 Å². The van der Waals surface area contributed by atoms with Crippen LogP contribution in [0.15, 0.2) is 35.0 Å². The zero-order valence-corrected chi connectivity index (χ0v) is 23.7. The largest absolute Gasteiger partial charge is 0.508 e. The number of nitrogens with zero attached hydrogens (tertiary/aromatic N) is 4. The van der Waals surface area contributed by atoms with Crippen LogP contribution >= 0.6 is 0 Å². The first-order chi connectivity index (χ1) is 20.7. The van der Waals surface area contributed by atoms with Crippen LogP contribution < -0.4 is 4.74 Å². The molecule has 0 amide bonds. The number of carbonyl (C=O) groups is 2. The topological polar surface area (TPSA) is 217 Å². The number of allylic oxidation sites excluding steroid dienone is 1. The van der Waals surface area contributed by atoms with Crippen molar-refractivity contribution >= 4 is 17.7 Å². The Balaban J connectivity index is 1.75. The van der Waals surface area contributed by atoms with Crippen molar-refractivity contribution in [1.29, 1.82) is 0 Å². The summed E-state index contributed by atoms with van der Waals surface area (Å²) in [4.78, 5) is 29.3. The molecule has 2 heterocycles. The van der Waals surface area contributed by atoms with E-state index in [0.717, 1.165) is 17.5 Å². The lowest BCUT2D eigenvalue weighted by atomic mass is 9.55. The van der Waals surface area contributed by atoms with E-state index in [1.807, 2.05) is 6.08 Å². The molecule has 1 saturated carbocycles. The van der Waals surface area contributed by atoms with E-state index in [1.54, 1.807) is 12.1 Å². The monoisotopic (exact) mass is 600 g/mol. The molecule has 2 aromatic rings. The van der Waals surface area contributed by atoms with E-state index in [-0.39, 0.29) is 43.0 Å². The van der Waals surface area contributed by atoms with Gasteiger partial charge in [-0.2, -0.15) is 0 Å². The Morgan fingerprint density at radius 2 is 1.84 bits per heavy atom. The van der Waals surface area contributed by atoms with Gasteiger partial charge in [-0.1, -0.05) is 29.3 Å². The van der Waals surface area contributed by atoms with Crippen LogP contribution in [-0.4, -0.2) is 89.4 Å². The van der Waals surface area contributed by atoms with Gasteiger partial charge in [0.15, 0.2) is 5.69 Å². The Bertz CT molecular complexity index is 1440. The Hall–Kier alpha value is -4.01. The maximum absolute atomic E-state index is 12.6. The van der Waals surface area contributed by atoms with Crippen molar-refractivity contribution in [3.63, 3.8) is 0 Å². The number of rotatable bonds is 12. The molecule has 1 fully saturated rings. The molecule has 2 aliphatic carbocycles. The molecular weight excluding hydrogens is 564 g/mol. The molecule has 232 valence electrons. The van der Waals surface area contributed by atoms with E-state index in [1.165, 1.54) is 13.2 Å². The number of carboxylic acid groups (broad SMARTS) is 2. The number of benzene rings is 1. The fourth-order valence-corrected chi connectivity index (χ4v) is 7.17. The molecule has 1 aromatic carbocycles. The Morgan fingerprint density at radius 1 is 1.12 bits per heavy atom. The van der Waals surface area contributed by atoms with Crippen LogP contribution in [0.3, 0.4) is 0 Å². The highest BCUT2D eigenvalue weighted by Crippen LogP contribution is 2.62. The SMILES string of the molecule is CON=C1C[C@H](n2nnc(C(=O)O)c2C(=O)O)[C@@]2(O)Oc3ccc(O)cc3[C@H]3[C@H](CCCCO)[C@@H](CCCCO)C=C1[C@H]32. The Morgan fingerprint density at radius 3 is 2.49 bits per heavy atom. The number of aromatic carboxylic acids is 2. The molecular formula is C29H36N4O10. The van der Waals surface area contributed by atoms with Gasteiger partial charge in [0.1, 0.15) is 24.7 Å². The number of oxime groups is 1. The van der Waals surface area contributed by atoms with Crippen molar-refractivity contribution in [1.82, 2.24) is 15.0 Å². The molecule has 43 heavy (non-hydrogen) atoms. The lowest BCUT2D eigenvalue weighted by molar-refractivity contribution is -0.225. The van der Waals surface area contributed by atoms with Crippen molar-refractivity contribution in [2.24, 2.45) is 22.9 Å². The standard InChI is InChI=1S/C29H36N4O10/c1-42-31-20-14-22(33-26(28(39)40)25(27(37)38)30-32-33)29(41)24-18(20)12-15(6-2-4-10-34)17(7-3-5-11-35)23(24)19-13-16(36)8-9-21(19)43-29/h8-9,12-13,15,17,22-24,34-36,41H,2-7,10-11,14H2,1H3,(H,37,38)(H,39,40)/t15-,17+,22-,23+,24+,29+/m0/s1. The summed E-state index contributed by atoms with van der Waals surface area (Å²) in [6.07, 6.45) is 5.92. The summed E-state index contributed by atoms with van der Waals surface area (Å²) < 4.78 is 7.21. The van der Waals surface area contributed by atoms with Gasteiger partial charge in [-0.3, -0.25) is 0 Å². The summed E-state index contributed by atoms with van der Waals surface area (Å²) in [5, 5.41) is 73.5. The molecule has 14 nitrogen and oxygen atoms in total. The zero-order chi connectivity index (χ0) is 30.9. The van der Waals surface area contributed by atoms with E-state index < -0.39 is 47.0 Å². The number of phenols is 1. The second-order valence-corrected chi connectivity index (χ2v) is 11.3. The first-order valence-corrected chi connectivity index (χ1v) is 14.4. The number of ether oxygens (including phenoxy) is 1. The number of fused-ring (bicyclic) bond motifs is 2. The highest BCUT2D eigenvalue weighted by atomic mass is 16.6. The first kappa shape index (κ1) is 30.4. The molecule has 1 aliphatic heterocycles. The molecule has 0 spiro atoms. The number of hydrogen-bond donors (Lipinski definition) is 6. The van der Waals surface area contributed by atoms with Gasteiger partial charge in [0.2, 0.25) is 11.5 Å². The second kappa shape index (κ2) is 12.3. The molecule has 0 radical (unpaired) electrons. The Kier molecular flexibility index (Phi) is 8.71. The number of aliphatic hydroxyl groups is 3. The highest BCUT2D eigenvalue weighted by molar-refractivity contribution is 6.03. The minimum atomic E-state index is -2.13. The summed E-state index contributed by atoms with van der Waals surface area (Å²) in [5.74, 6) is -6.47. The molecule has 0 saturated heterocycles. The lowest BCUT2D eigenvalue weighted by Gasteiger charge is -2.56. The maximum atomic E-state index is 12.6. The number of aliphatic hydroxyl groups excluding tert-OH is 2. The van der Waals surface area contributed by atoms with Gasteiger partial charge >= 0.3 is 11.9 Å².